The van der Waals surface area contributed by atoms with Crippen molar-refractivity contribution < 1.29 is 4.79 Å². The zero-order chi connectivity index (χ0) is 19.2. The number of rotatable bonds is 7. The largest absolute Gasteiger partial charge is 0.349 e. The average Bonchev–Trinajstić information content (AvgIpc) is 2.68. The number of hydrogen-bond acceptors (Lipinski definition) is 4. The standard InChI is InChI=1S/C22H26N4O/c1-4-16-9-11-17(12-10-16)24-20-18-7-5-6-8-19(18)25-21(26-20)22(27)23-14-13-15(2)3/h5-12,15H,4,13-14H2,1-3H3,(H,23,27)(H,24,25,26). The molecule has 140 valence electrons. The second kappa shape index (κ2) is 8.62. The summed E-state index contributed by atoms with van der Waals surface area (Å²) in [5, 5.41) is 7.13. The zero-order valence-electron chi connectivity index (χ0n) is 16.1. The van der Waals surface area contributed by atoms with Crippen molar-refractivity contribution in [2.75, 3.05) is 11.9 Å². The quantitative estimate of drug-likeness (QED) is 0.639. The van der Waals surface area contributed by atoms with Gasteiger partial charge in [-0.05, 0) is 48.6 Å². The average molecular weight is 362 g/mol. The molecule has 1 amide bonds. The first-order valence-corrected chi connectivity index (χ1v) is 9.47. The highest BCUT2D eigenvalue weighted by molar-refractivity contribution is 5.97. The summed E-state index contributed by atoms with van der Waals surface area (Å²) in [5.74, 6) is 1.11. The van der Waals surface area contributed by atoms with Gasteiger partial charge < -0.3 is 10.6 Å². The van der Waals surface area contributed by atoms with Crippen molar-refractivity contribution in [3.63, 3.8) is 0 Å². The van der Waals surface area contributed by atoms with E-state index >= 15 is 0 Å². The highest BCUT2D eigenvalue weighted by Crippen LogP contribution is 2.24. The van der Waals surface area contributed by atoms with Gasteiger partial charge in [0.05, 0.1) is 5.52 Å². The molecule has 2 N–H and O–H groups in total. The van der Waals surface area contributed by atoms with Crippen LogP contribution in [-0.4, -0.2) is 22.4 Å². The number of nitrogens with zero attached hydrogens (tertiary/aromatic N) is 2. The number of fused-ring (bicyclic) bond motifs is 1. The van der Waals surface area contributed by atoms with Gasteiger partial charge in [0.15, 0.2) is 0 Å². The summed E-state index contributed by atoms with van der Waals surface area (Å²) in [4.78, 5) is 21.4. The van der Waals surface area contributed by atoms with Crippen molar-refractivity contribution in [2.24, 2.45) is 5.92 Å². The van der Waals surface area contributed by atoms with E-state index in [0.717, 1.165) is 29.4 Å². The molecule has 0 aliphatic rings. The van der Waals surface area contributed by atoms with Crippen molar-refractivity contribution in [2.45, 2.75) is 33.6 Å². The molecule has 0 radical (unpaired) electrons. The summed E-state index contributed by atoms with van der Waals surface area (Å²) in [6.45, 7) is 7.01. The van der Waals surface area contributed by atoms with Crippen LogP contribution in [0.4, 0.5) is 11.5 Å². The third-order valence-corrected chi connectivity index (χ3v) is 4.44. The first-order valence-electron chi connectivity index (χ1n) is 9.47. The summed E-state index contributed by atoms with van der Waals surface area (Å²) >= 11 is 0. The minimum absolute atomic E-state index is 0.185. The van der Waals surface area contributed by atoms with E-state index in [-0.39, 0.29) is 11.7 Å². The molecule has 0 spiro atoms. The predicted octanol–water partition coefficient (Wildman–Crippen LogP) is 4.71. The highest BCUT2D eigenvalue weighted by atomic mass is 16.2. The molecule has 0 aliphatic heterocycles. The number of hydrogen-bond donors (Lipinski definition) is 2. The molecule has 5 nitrogen and oxygen atoms in total. The van der Waals surface area contributed by atoms with Crippen LogP contribution in [0, 0.1) is 5.92 Å². The van der Waals surface area contributed by atoms with E-state index in [1.165, 1.54) is 5.56 Å². The van der Waals surface area contributed by atoms with E-state index in [2.05, 4.69) is 53.5 Å². The van der Waals surface area contributed by atoms with E-state index in [1.54, 1.807) is 0 Å². The maximum Gasteiger partial charge on any atom is 0.289 e. The van der Waals surface area contributed by atoms with Crippen molar-refractivity contribution in [1.29, 1.82) is 0 Å². The van der Waals surface area contributed by atoms with E-state index in [1.807, 2.05) is 36.4 Å². The highest BCUT2D eigenvalue weighted by Gasteiger charge is 2.14. The Labute approximate surface area is 160 Å². The minimum Gasteiger partial charge on any atom is -0.349 e. The first kappa shape index (κ1) is 18.8. The van der Waals surface area contributed by atoms with Crippen LogP contribution >= 0.6 is 0 Å². The number of para-hydroxylation sites is 1. The van der Waals surface area contributed by atoms with E-state index in [4.69, 9.17) is 0 Å². The second-order valence-electron chi connectivity index (χ2n) is 7.03. The molecule has 0 bridgehead atoms. The van der Waals surface area contributed by atoms with E-state index < -0.39 is 0 Å². The molecule has 3 aromatic rings. The van der Waals surface area contributed by atoms with Crippen molar-refractivity contribution in [1.82, 2.24) is 15.3 Å². The molecule has 1 aromatic heterocycles. The van der Waals surface area contributed by atoms with Crippen molar-refractivity contribution >= 4 is 28.3 Å². The number of amides is 1. The van der Waals surface area contributed by atoms with Gasteiger partial charge in [-0.25, -0.2) is 9.97 Å². The molecule has 0 atom stereocenters. The van der Waals surface area contributed by atoms with Gasteiger partial charge in [0.2, 0.25) is 5.82 Å². The molecule has 2 aromatic carbocycles. The van der Waals surface area contributed by atoms with Crippen LogP contribution in [0.25, 0.3) is 10.9 Å². The van der Waals surface area contributed by atoms with Gasteiger partial charge in [0, 0.05) is 17.6 Å². The molecule has 0 saturated carbocycles. The summed E-state index contributed by atoms with van der Waals surface area (Å²) in [6, 6.07) is 15.9. The van der Waals surface area contributed by atoms with Crippen molar-refractivity contribution in [3.05, 3.63) is 59.9 Å². The number of anilines is 2. The number of aromatic nitrogens is 2. The Balaban J connectivity index is 1.89. The van der Waals surface area contributed by atoms with Crippen LogP contribution in [0.3, 0.4) is 0 Å². The second-order valence-corrected chi connectivity index (χ2v) is 7.03. The van der Waals surface area contributed by atoms with Gasteiger partial charge in [-0.3, -0.25) is 4.79 Å². The molecular formula is C22H26N4O. The Morgan fingerprint density at radius 2 is 1.78 bits per heavy atom. The van der Waals surface area contributed by atoms with Crippen LogP contribution in [0.15, 0.2) is 48.5 Å². The monoisotopic (exact) mass is 362 g/mol. The van der Waals surface area contributed by atoms with Gasteiger partial charge >= 0.3 is 0 Å². The molecule has 0 fully saturated rings. The van der Waals surface area contributed by atoms with Crippen LogP contribution in [-0.2, 0) is 6.42 Å². The topological polar surface area (TPSA) is 66.9 Å². The number of carbonyl (C=O) groups is 1. The van der Waals surface area contributed by atoms with Gasteiger partial charge in [-0.15, -0.1) is 0 Å². The fraction of sp³-hybridized carbons (Fsp3) is 0.318. The zero-order valence-corrected chi connectivity index (χ0v) is 16.1. The van der Waals surface area contributed by atoms with Crippen molar-refractivity contribution in [3.8, 4) is 0 Å². The number of benzene rings is 2. The molecular weight excluding hydrogens is 336 g/mol. The fourth-order valence-corrected chi connectivity index (χ4v) is 2.79. The van der Waals surface area contributed by atoms with E-state index in [9.17, 15) is 4.79 Å². The summed E-state index contributed by atoms with van der Waals surface area (Å²) < 4.78 is 0. The van der Waals surface area contributed by atoms with Crippen LogP contribution < -0.4 is 10.6 Å². The lowest BCUT2D eigenvalue weighted by atomic mass is 10.1. The summed E-state index contributed by atoms with van der Waals surface area (Å²) in [5.41, 5.74) is 2.95. The normalized spacial score (nSPS) is 11.0. The molecule has 0 saturated heterocycles. The molecule has 0 unspecified atom stereocenters. The lowest BCUT2D eigenvalue weighted by Gasteiger charge is -2.12. The molecule has 5 heteroatoms. The Kier molecular flexibility index (Phi) is 6.01. The molecule has 1 heterocycles. The Morgan fingerprint density at radius 3 is 2.48 bits per heavy atom. The van der Waals surface area contributed by atoms with Gasteiger partial charge in [0.1, 0.15) is 5.82 Å². The number of nitrogens with one attached hydrogen (secondary N) is 2. The SMILES string of the molecule is CCc1ccc(Nc2nc(C(=O)NCCC(C)C)nc3ccccc23)cc1. The number of carbonyl (C=O) groups excluding carboxylic acids is 1. The fourth-order valence-electron chi connectivity index (χ4n) is 2.79. The number of aryl methyl sites for hydroxylation is 1. The lowest BCUT2D eigenvalue weighted by Crippen LogP contribution is -2.27. The van der Waals surface area contributed by atoms with Crippen LogP contribution in [0.5, 0.6) is 0 Å². The first-order chi connectivity index (χ1) is 13.1. The molecule has 27 heavy (non-hydrogen) atoms. The third-order valence-electron chi connectivity index (χ3n) is 4.44. The third kappa shape index (κ3) is 4.82. The minimum atomic E-state index is -0.245. The lowest BCUT2D eigenvalue weighted by molar-refractivity contribution is 0.0942. The predicted molar refractivity (Wildman–Crippen MR) is 110 cm³/mol. The Hall–Kier alpha value is -2.95. The van der Waals surface area contributed by atoms with E-state index in [0.29, 0.717) is 18.3 Å². The summed E-state index contributed by atoms with van der Waals surface area (Å²) in [7, 11) is 0. The maximum atomic E-state index is 12.5. The molecule has 0 aliphatic carbocycles. The van der Waals surface area contributed by atoms with Gasteiger partial charge in [-0.2, -0.15) is 0 Å². The Morgan fingerprint density at radius 1 is 1.04 bits per heavy atom. The smallest absolute Gasteiger partial charge is 0.289 e. The summed E-state index contributed by atoms with van der Waals surface area (Å²) in [6.07, 6.45) is 1.92. The van der Waals surface area contributed by atoms with Crippen LogP contribution in [0.2, 0.25) is 0 Å². The molecule has 3 rings (SSSR count). The Bertz CT molecular complexity index is 919. The van der Waals surface area contributed by atoms with Gasteiger partial charge in [0.25, 0.3) is 5.91 Å². The maximum absolute atomic E-state index is 12.5. The van der Waals surface area contributed by atoms with Crippen LogP contribution in [0.1, 0.15) is 43.4 Å². The van der Waals surface area contributed by atoms with Gasteiger partial charge in [-0.1, -0.05) is 45.0 Å².